The van der Waals surface area contributed by atoms with Crippen LogP contribution in [0.5, 0.6) is 0 Å². The molecule has 0 fully saturated rings. The van der Waals surface area contributed by atoms with Gasteiger partial charge in [-0.05, 0) is 43.1 Å². The van der Waals surface area contributed by atoms with Gasteiger partial charge in [0.2, 0.25) is 0 Å². The molecule has 1 atom stereocenters. The van der Waals surface area contributed by atoms with Crippen LogP contribution in [0, 0.1) is 0 Å². The normalized spacial score (nSPS) is 15.7. The molecule has 0 bridgehead atoms. The van der Waals surface area contributed by atoms with E-state index in [-0.39, 0.29) is 11.1 Å². The highest BCUT2D eigenvalue weighted by atomic mass is 28.4. The van der Waals surface area contributed by atoms with Crippen molar-refractivity contribution in [3.8, 4) is 0 Å². The second-order valence-corrected chi connectivity index (χ2v) is 19.1. The van der Waals surface area contributed by atoms with E-state index in [0.717, 1.165) is 12.8 Å². The minimum absolute atomic E-state index is 0.221. The molecule has 2 nitrogen and oxygen atoms in total. The summed E-state index contributed by atoms with van der Waals surface area (Å²) in [5.74, 6) is 0. The summed E-state index contributed by atoms with van der Waals surface area (Å²) in [5, 5.41) is 0.250. The van der Waals surface area contributed by atoms with Crippen LogP contribution in [0.15, 0.2) is 24.5 Å². The van der Waals surface area contributed by atoms with Crippen LogP contribution in [-0.2, 0) is 9.16 Å². The fourth-order valence-corrected chi connectivity index (χ4v) is 3.90. The Balaban J connectivity index is 4.82. The molecule has 0 aliphatic rings. The molecule has 0 radical (unpaired) electrons. The van der Waals surface area contributed by atoms with Crippen LogP contribution in [0.25, 0.3) is 0 Å². The van der Waals surface area contributed by atoms with Crippen molar-refractivity contribution in [2.75, 3.05) is 7.11 Å². The second-order valence-electron chi connectivity index (χ2n) is 8.79. The van der Waals surface area contributed by atoms with Crippen molar-refractivity contribution in [1.29, 1.82) is 0 Å². The van der Waals surface area contributed by atoms with Gasteiger partial charge < -0.3 is 9.16 Å². The average Bonchev–Trinajstić information content (AvgIpc) is 2.30. The maximum Gasteiger partial charge on any atom is 0.192 e. The van der Waals surface area contributed by atoms with Crippen molar-refractivity contribution in [3.05, 3.63) is 24.5 Å². The van der Waals surface area contributed by atoms with Gasteiger partial charge in [-0.3, -0.25) is 0 Å². The van der Waals surface area contributed by atoms with E-state index in [9.17, 15) is 0 Å². The molecule has 0 aromatic rings. The second kappa shape index (κ2) is 9.09. The molecule has 0 aromatic carbocycles. The Morgan fingerprint density at radius 1 is 1.00 bits per heavy atom. The van der Waals surface area contributed by atoms with Crippen LogP contribution in [0.4, 0.5) is 0 Å². The molecule has 1 unspecified atom stereocenters. The first kappa shape index (κ1) is 21.7. The van der Waals surface area contributed by atoms with Gasteiger partial charge in [0.15, 0.2) is 8.32 Å². The SMILES string of the molecule is CO/C=C/CCC(/C=C/C[Si](C)(C)C)O[Si](C)(C)C(C)(C)C. The number of hydrogen-bond donors (Lipinski definition) is 0. The van der Waals surface area contributed by atoms with Crippen molar-refractivity contribution in [2.45, 2.75) is 83.5 Å². The van der Waals surface area contributed by atoms with E-state index >= 15 is 0 Å². The topological polar surface area (TPSA) is 18.5 Å². The summed E-state index contributed by atoms with van der Waals surface area (Å²) >= 11 is 0. The van der Waals surface area contributed by atoms with E-state index in [0.29, 0.717) is 0 Å². The van der Waals surface area contributed by atoms with E-state index in [2.05, 4.69) is 71.7 Å². The summed E-state index contributed by atoms with van der Waals surface area (Å²) in [5.41, 5.74) is 0. The zero-order chi connectivity index (χ0) is 17.4. The van der Waals surface area contributed by atoms with E-state index in [4.69, 9.17) is 9.16 Å². The summed E-state index contributed by atoms with van der Waals surface area (Å²) in [4.78, 5) is 0. The molecule has 0 aliphatic heterocycles. The lowest BCUT2D eigenvalue weighted by Gasteiger charge is -2.38. The quantitative estimate of drug-likeness (QED) is 0.282. The molecule has 0 amide bonds. The van der Waals surface area contributed by atoms with Gasteiger partial charge in [0.25, 0.3) is 0 Å². The molecule has 0 saturated carbocycles. The maximum atomic E-state index is 6.59. The van der Waals surface area contributed by atoms with Gasteiger partial charge in [-0.1, -0.05) is 52.6 Å². The standard InChI is InChI=1S/C18H38O2Si2/c1-18(2,3)22(8,9)20-17(13-10-11-15-19-4)14-12-16-21(5,6)7/h11-12,14-15,17H,10,13,16H2,1-9H3/b14-12+,15-11+. The van der Waals surface area contributed by atoms with Gasteiger partial charge >= 0.3 is 0 Å². The average molecular weight is 343 g/mol. The third-order valence-electron chi connectivity index (χ3n) is 4.18. The smallest absolute Gasteiger partial charge is 0.192 e. The Hall–Kier alpha value is -0.326. The van der Waals surface area contributed by atoms with Crippen molar-refractivity contribution >= 4 is 16.4 Å². The summed E-state index contributed by atoms with van der Waals surface area (Å²) < 4.78 is 11.6. The fourth-order valence-electron chi connectivity index (χ4n) is 1.75. The highest BCUT2D eigenvalue weighted by Gasteiger charge is 2.38. The van der Waals surface area contributed by atoms with Crippen molar-refractivity contribution < 1.29 is 9.16 Å². The van der Waals surface area contributed by atoms with Gasteiger partial charge in [0, 0.05) is 8.07 Å². The van der Waals surface area contributed by atoms with Crippen LogP contribution in [0.2, 0.25) is 43.8 Å². The largest absolute Gasteiger partial charge is 0.505 e. The van der Waals surface area contributed by atoms with Gasteiger partial charge in [-0.25, -0.2) is 0 Å². The predicted octanol–water partition coefficient (Wildman–Crippen LogP) is 6.21. The summed E-state index contributed by atoms with van der Waals surface area (Å²) in [6, 6.07) is 1.22. The summed E-state index contributed by atoms with van der Waals surface area (Å²) in [6.07, 6.45) is 10.7. The first-order valence-electron chi connectivity index (χ1n) is 8.41. The first-order valence-corrected chi connectivity index (χ1v) is 15.0. The summed E-state index contributed by atoms with van der Waals surface area (Å²) in [7, 11) is -1.07. The van der Waals surface area contributed by atoms with Crippen molar-refractivity contribution in [1.82, 2.24) is 0 Å². The Kier molecular flexibility index (Phi) is 8.95. The minimum Gasteiger partial charge on any atom is -0.505 e. The van der Waals surface area contributed by atoms with Gasteiger partial charge in [0.05, 0.1) is 19.5 Å². The Morgan fingerprint density at radius 3 is 2.05 bits per heavy atom. The maximum absolute atomic E-state index is 6.59. The van der Waals surface area contributed by atoms with Crippen LogP contribution in [0.1, 0.15) is 33.6 Å². The molecule has 130 valence electrons. The van der Waals surface area contributed by atoms with Gasteiger partial charge in [-0.2, -0.15) is 0 Å². The monoisotopic (exact) mass is 342 g/mol. The lowest BCUT2D eigenvalue weighted by Crippen LogP contribution is -2.43. The van der Waals surface area contributed by atoms with E-state index < -0.39 is 16.4 Å². The molecule has 0 heterocycles. The highest BCUT2D eigenvalue weighted by Crippen LogP contribution is 2.38. The van der Waals surface area contributed by atoms with Crippen LogP contribution >= 0.6 is 0 Å². The van der Waals surface area contributed by atoms with Gasteiger partial charge in [-0.15, -0.1) is 0 Å². The van der Waals surface area contributed by atoms with Crippen LogP contribution in [-0.4, -0.2) is 29.6 Å². The van der Waals surface area contributed by atoms with Crippen LogP contribution < -0.4 is 0 Å². The van der Waals surface area contributed by atoms with E-state index in [1.165, 1.54) is 6.04 Å². The molecule has 4 heteroatoms. The molecule has 22 heavy (non-hydrogen) atoms. The Morgan fingerprint density at radius 2 is 1.59 bits per heavy atom. The zero-order valence-electron chi connectivity index (χ0n) is 16.3. The number of ether oxygens (including phenoxy) is 1. The minimum atomic E-state index is -1.73. The molecule has 0 aliphatic carbocycles. The number of hydrogen-bond acceptors (Lipinski definition) is 2. The lowest BCUT2D eigenvalue weighted by atomic mass is 10.2. The third-order valence-corrected chi connectivity index (χ3v) is 10.1. The van der Waals surface area contributed by atoms with E-state index in [1.54, 1.807) is 13.4 Å². The third kappa shape index (κ3) is 9.64. The Labute approximate surface area is 141 Å². The molecule has 0 rings (SSSR count). The first-order chi connectivity index (χ1) is 9.89. The van der Waals surface area contributed by atoms with Crippen molar-refractivity contribution in [2.24, 2.45) is 0 Å². The molecular formula is C18H38O2Si2. The van der Waals surface area contributed by atoms with Crippen LogP contribution in [0.3, 0.4) is 0 Å². The van der Waals surface area contributed by atoms with E-state index in [1.807, 2.05) is 0 Å². The zero-order valence-corrected chi connectivity index (χ0v) is 18.3. The predicted molar refractivity (Wildman–Crippen MR) is 105 cm³/mol. The highest BCUT2D eigenvalue weighted by molar-refractivity contribution is 6.76. The fraction of sp³-hybridized carbons (Fsp3) is 0.778. The molecule has 0 saturated heterocycles. The lowest BCUT2D eigenvalue weighted by molar-refractivity contribution is 0.215. The summed E-state index contributed by atoms with van der Waals surface area (Å²) in [6.45, 7) is 18.8. The molecule has 0 aromatic heterocycles. The number of allylic oxidation sites excluding steroid dienone is 2. The molecule has 0 N–H and O–H groups in total. The molecule has 0 spiro atoms. The van der Waals surface area contributed by atoms with Gasteiger partial charge in [0.1, 0.15) is 0 Å². The number of methoxy groups -OCH3 is 1. The molecular weight excluding hydrogens is 304 g/mol. The van der Waals surface area contributed by atoms with Crippen molar-refractivity contribution in [3.63, 3.8) is 0 Å². The Bertz CT molecular complexity index is 360. The number of rotatable bonds is 9.